The van der Waals surface area contributed by atoms with Crippen LogP contribution in [0.5, 0.6) is 5.75 Å². The van der Waals surface area contributed by atoms with Gasteiger partial charge in [0.2, 0.25) is 9.84 Å². The Morgan fingerprint density at radius 3 is 2.43 bits per heavy atom. The summed E-state index contributed by atoms with van der Waals surface area (Å²) in [5, 5.41) is 11.9. The molecule has 0 saturated heterocycles. The van der Waals surface area contributed by atoms with E-state index >= 15 is 0 Å². The van der Waals surface area contributed by atoms with Crippen molar-refractivity contribution in [3.63, 3.8) is 0 Å². The number of hydrogen-bond donors (Lipinski definition) is 3. The molecule has 0 aliphatic carbocycles. The molecule has 1 unspecified atom stereocenters. The number of sulfone groups is 1. The highest BCUT2D eigenvalue weighted by Gasteiger charge is 2.31. The van der Waals surface area contributed by atoms with Crippen LogP contribution in [0.15, 0.2) is 46.3 Å². The maximum atomic E-state index is 12.6. The zero-order valence-corrected chi connectivity index (χ0v) is 16.3. The fourth-order valence-electron chi connectivity index (χ4n) is 2.30. The average molecular weight is 449 g/mol. The molecule has 1 atom stereocenters. The number of benzene rings is 1. The molecule has 1 aromatic carbocycles. The molecule has 1 amide bonds. The molecule has 13 heteroatoms. The number of aromatic nitrogens is 1. The van der Waals surface area contributed by atoms with Crippen molar-refractivity contribution in [2.24, 2.45) is 0 Å². The van der Waals surface area contributed by atoms with Crippen LogP contribution in [0.3, 0.4) is 0 Å². The largest absolute Gasteiger partial charge is 0.573 e. The number of carbonyl (C=O) groups is 1. The number of nitrogens with one attached hydrogen (secondary N) is 1. The summed E-state index contributed by atoms with van der Waals surface area (Å²) in [4.78, 5) is 15.2. The lowest BCUT2D eigenvalue weighted by molar-refractivity contribution is -0.274. The number of ether oxygens (including phenoxy) is 2. The zero-order chi connectivity index (χ0) is 22.5. The second-order valence-corrected chi connectivity index (χ2v) is 7.90. The second-order valence-electron chi connectivity index (χ2n) is 5.95. The number of nitrogen functional groups attached to an aromatic ring is 1. The van der Waals surface area contributed by atoms with E-state index in [9.17, 15) is 31.5 Å². The Morgan fingerprint density at radius 1 is 1.27 bits per heavy atom. The number of methoxy groups -OCH3 is 1. The molecular weight excluding hydrogens is 431 g/mol. The average Bonchev–Trinajstić information content (AvgIpc) is 2.65. The third-order valence-corrected chi connectivity index (χ3v) is 5.38. The summed E-state index contributed by atoms with van der Waals surface area (Å²) in [6.07, 6.45) is -4.97. The zero-order valence-electron chi connectivity index (χ0n) is 15.5. The number of nitrogens with two attached hydrogens (primary N) is 1. The number of rotatable bonds is 8. The molecular formula is C17H18F3N3O6S. The number of aliphatic hydroxyl groups is 1. The monoisotopic (exact) mass is 449 g/mol. The molecule has 0 bridgehead atoms. The molecule has 4 N–H and O–H groups in total. The van der Waals surface area contributed by atoms with Crippen molar-refractivity contribution in [1.82, 2.24) is 10.3 Å². The van der Waals surface area contributed by atoms with Crippen LogP contribution in [0.2, 0.25) is 0 Å². The molecule has 1 heterocycles. The van der Waals surface area contributed by atoms with Crippen LogP contribution in [0.1, 0.15) is 10.5 Å². The molecule has 0 aliphatic heterocycles. The van der Waals surface area contributed by atoms with Gasteiger partial charge in [-0.2, -0.15) is 0 Å². The minimum atomic E-state index is -4.91. The summed E-state index contributed by atoms with van der Waals surface area (Å²) in [6, 6.07) is 4.58. The summed E-state index contributed by atoms with van der Waals surface area (Å²) >= 11 is 0. The first-order chi connectivity index (χ1) is 13.9. The quantitative estimate of drug-likeness (QED) is 0.545. The van der Waals surface area contributed by atoms with Crippen LogP contribution in [-0.2, 0) is 14.6 Å². The highest BCUT2D eigenvalue weighted by atomic mass is 32.2. The number of pyridine rings is 1. The van der Waals surface area contributed by atoms with Crippen molar-refractivity contribution in [2.75, 3.05) is 26.0 Å². The van der Waals surface area contributed by atoms with Gasteiger partial charge in [0.15, 0.2) is 5.69 Å². The van der Waals surface area contributed by atoms with Crippen LogP contribution in [-0.4, -0.2) is 57.1 Å². The fourth-order valence-corrected chi connectivity index (χ4v) is 3.54. The Kier molecular flexibility index (Phi) is 7.23. The smallest absolute Gasteiger partial charge is 0.406 e. The highest BCUT2D eigenvalue weighted by Crippen LogP contribution is 2.27. The van der Waals surface area contributed by atoms with Gasteiger partial charge in [-0.25, -0.2) is 13.4 Å². The highest BCUT2D eigenvalue weighted by molar-refractivity contribution is 7.91. The third kappa shape index (κ3) is 6.05. The summed E-state index contributed by atoms with van der Waals surface area (Å²) in [6.45, 7) is -0.145. The van der Waals surface area contributed by atoms with Gasteiger partial charge in [0, 0.05) is 19.9 Å². The Hall–Kier alpha value is -2.90. The summed E-state index contributed by atoms with van der Waals surface area (Å²) in [5.74, 6) is -1.32. The molecule has 9 nitrogen and oxygen atoms in total. The van der Waals surface area contributed by atoms with E-state index in [1.54, 1.807) is 0 Å². The van der Waals surface area contributed by atoms with E-state index in [1.165, 1.54) is 7.11 Å². The number of carbonyl (C=O) groups excluding carboxylic acids is 1. The third-order valence-electron chi connectivity index (χ3n) is 3.64. The molecule has 30 heavy (non-hydrogen) atoms. The predicted molar refractivity (Wildman–Crippen MR) is 97.4 cm³/mol. The van der Waals surface area contributed by atoms with Crippen molar-refractivity contribution in [3.8, 4) is 5.75 Å². The van der Waals surface area contributed by atoms with Gasteiger partial charge >= 0.3 is 6.36 Å². The minimum absolute atomic E-state index is 0.00677. The fraction of sp³-hybridized carbons (Fsp3) is 0.294. The number of hydrogen-bond acceptors (Lipinski definition) is 8. The molecule has 0 spiro atoms. The Balaban J connectivity index is 2.19. The van der Waals surface area contributed by atoms with Crippen LogP contribution in [0, 0.1) is 0 Å². The van der Waals surface area contributed by atoms with Gasteiger partial charge in [0.25, 0.3) is 5.91 Å². The number of anilines is 1. The van der Waals surface area contributed by atoms with Crippen LogP contribution < -0.4 is 15.8 Å². The van der Waals surface area contributed by atoms with Crippen molar-refractivity contribution >= 4 is 21.4 Å². The lowest BCUT2D eigenvalue weighted by Crippen LogP contribution is -2.35. The summed E-state index contributed by atoms with van der Waals surface area (Å²) in [7, 11) is -2.79. The van der Waals surface area contributed by atoms with Crippen molar-refractivity contribution < 1.29 is 41.0 Å². The second kappa shape index (κ2) is 9.28. The van der Waals surface area contributed by atoms with Crippen molar-refractivity contribution in [2.45, 2.75) is 22.3 Å². The summed E-state index contributed by atoms with van der Waals surface area (Å²) in [5.41, 5.74) is 5.24. The Bertz CT molecular complexity index is 997. The number of alkyl halides is 3. The molecule has 0 fully saturated rings. The molecule has 2 aromatic rings. The van der Waals surface area contributed by atoms with Crippen LogP contribution >= 0.6 is 0 Å². The van der Waals surface area contributed by atoms with E-state index in [2.05, 4.69) is 15.0 Å². The first-order valence-electron chi connectivity index (χ1n) is 8.25. The van der Waals surface area contributed by atoms with E-state index < -0.39 is 34.0 Å². The van der Waals surface area contributed by atoms with Crippen LogP contribution in [0.25, 0.3) is 0 Å². The lowest BCUT2D eigenvalue weighted by atomic mass is 10.2. The molecule has 2 rings (SSSR count). The first-order valence-corrected chi connectivity index (χ1v) is 9.74. The molecule has 0 radical (unpaired) electrons. The van der Waals surface area contributed by atoms with Crippen LogP contribution in [0.4, 0.5) is 18.9 Å². The minimum Gasteiger partial charge on any atom is -0.406 e. The van der Waals surface area contributed by atoms with E-state index in [4.69, 9.17) is 10.5 Å². The van der Waals surface area contributed by atoms with Gasteiger partial charge in [0.1, 0.15) is 5.75 Å². The van der Waals surface area contributed by atoms with Gasteiger partial charge in [-0.15, -0.1) is 13.2 Å². The van der Waals surface area contributed by atoms with E-state index in [-0.39, 0.29) is 34.3 Å². The number of nitrogens with zero attached hydrogens (tertiary/aromatic N) is 1. The van der Waals surface area contributed by atoms with Gasteiger partial charge in [-0.05, 0) is 30.3 Å². The Labute approximate surface area is 169 Å². The first kappa shape index (κ1) is 23.4. The SMILES string of the molecule is COCC(O)CNC(=O)c1ncc(S(=O)(=O)c2ccc(OC(F)(F)F)cc2)cc1N. The molecule has 0 aliphatic rings. The summed E-state index contributed by atoms with van der Waals surface area (Å²) < 4.78 is 70.3. The molecule has 1 aromatic heterocycles. The Morgan fingerprint density at radius 2 is 1.90 bits per heavy atom. The van der Waals surface area contributed by atoms with Gasteiger partial charge in [-0.1, -0.05) is 0 Å². The van der Waals surface area contributed by atoms with Crippen molar-refractivity contribution in [3.05, 3.63) is 42.2 Å². The predicted octanol–water partition coefficient (Wildman–Crippen LogP) is 1.13. The van der Waals surface area contributed by atoms with E-state index in [0.29, 0.717) is 0 Å². The molecule has 164 valence electrons. The number of amides is 1. The topological polar surface area (TPSA) is 141 Å². The van der Waals surface area contributed by atoms with Gasteiger partial charge in [0.05, 0.1) is 28.2 Å². The standard InChI is InChI=1S/C17H18F3N3O6S/c1-28-9-10(24)7-23-16(25)15-14(21)6-13(8-22-15)30(26,27)12-4-2-11(3-5-12)29-17(18,19)20/h2-6,8,10,24H,7,9,21H2,1H3,(H,23,25). The number of halogens is 3. The van der Waals surface area contributed by atoms with Gasteiger partial charge < -0.3 is 25.6 Å². The van der Waals surface area contributed by atoms with E-state index in [0.717, 1.165) is 36.5 Å². The van der Waals surface area contributed by atoms with Gasteiger partial charge in [-0.3, -0.25) is 4.79 Å². The molecule has 0 saturated carbocycles. The maximum absolute atomic E-state index is 12.6. The lowest BCUT2D eigenvalue weighted by Gasteiger charge is -2.12. The van der Waals surface area contributed by atoms with E-state index in [1.807, 2.05) is 0 Å². The van der Waals surface area contributed by atoms with Crippen molar-refractivity contribution in [1.29, 1.82) is 0 Å². The normalized spacial score (nSPS) is 13.0. The number of aliphatic hydroxyl groups excluding tert-OH is 1. The maximum Gasteiger partial charge on any atom is 0.573 e.